The molecule has 0 unspecified atom stereocenters. The zero-order valence-electron chi connectivity index (χ0n) is 9.37. The minimum Gasteiger partial charge on any atom is -0.418 e. The molecule has 0 amide bonds. The van der Waals surface area contributed by atoms with Gasteiger partial charge in [0.1, 0.15) is 6.07 Å². The quantitative estimate of drug-likeness (QED) is 0.255. The van der Waals surface area contributed by atoms with Crippen LogP contribution < -0.4 is 0 Å². The molecule has 0 saturated carbocycles. The molecule has 7 nitrogen and oxygen atoms in total. The van der Waals surface area contributed by atoms with Crippen molar-refractivity contribution in [3.63, 3.8) is 0 Å². The molecule has 0 N–H and O–H groups in total. The molecule has 0 aromatic heterocycles. The van der Waals surface area contributed by atoms with Gasteiger partial charge in [-0.2, -0.15) is 0 Å². The minimum atomic E-state index is -6.00. The predicted octanol–water partition coefficient (Wildman–Crippen LogP) is 3.72. The summed E-state index contributed by atoms with van der Waals surface area (Å²) in [4.78, 5) is 12.7. The molecule has 0 bridgehead atoms. The van der Waals surface area contributed by atoms with Crippen LogP contribution in [0.15, 0.2) is 18.2 Å². The van der Waals surface area contributed by atoms with Gasteiger partial charge in [0.15, 0.2) is 4.98 Å². The summed E-state index contributed by atoms with van der Waals surface area (Å²) in [7, 11) is -6.00. The van der Waals surface area contributed by atoms with Gasteiger partial charge in [-0.05, 0) is 13.0 Å². The van der Waals surface area contributed by atoms with E-state index in [9.17, 15) is 27.4 Å². The Morgan fingerprint density at radius 3 is 2.00 bits per heavy atom. The van der Waals surface area contributed by atoms with Crippen LogP contribution in [0.25, 0.3) is 4.98 Å². The van der Waals surface area contributed by atoms with Crippen LogP contribution in [0.5, 0.6) is 0 Å². The zero-order chi connectivity index (χ0) is 15.6. The number of halogens is 4. The van der Waals surface area contributed by atoms with E-state index in [0.29, 0.717) is 5.56 Å². The fourth-order valence-corrected chi connectivity index (χ4v) is 0.857. The van der Waals surface area contributed by atoms with Crippen LogP contribution in [0.4, 0.5) is 28.6 Å². The molecule has 0 aliphatic rings. The molecule has 0 fully saturated rings. The van der Waals surface area contributed by atoms with Crippen molar-refractivity contribution in [2.75, 3.05) is 0 Å². The molecule has 0 radical (unpaired) electrons. The third-order valence-corrected chi connectivity index (χ3v) is 1.50. The van der Waals surface area contributed by atoms with E-state index in [-0.39, 0.29) is 11.4 Å². The van der Waals surface area contributed by atoms with Crippen molar-refractivity contribution < 1.29 is 22.2 Å². The molecule has 102 valence electrons. The van der Waals surface area contributed by atoms with Crippen molar-refractivity contribution in [2.24, 2.45) is 0 Å². The normalized spacial score (nSPS) is 8.95. The highest BCUT2D eigenvalue weighted by molar-refractivity contribution is 6.50. The smallest absolute Gasteiger partial charge is 0.418 e. The fourth-order valence-electron chi connectivity index (χ4n) is 0.857. The Morgan fingerprint density at radius 1 is 1.26 bits per heavy atom. The Balaban J connectivity index is 0. The summed E-state index contributed by atoms with van der Waals surface area (Å²) in [5.74, 6) is 0. The molecule has 0 saturated heterocycles. The lowest BCUT2D eigenvalue weighted by Gasteiger charge is -1.94. The first kappa shape index (κ1) is 18.6. The molecular formula is C7H6BF4N5O2. The number of rotatable bonds is 1. The summed E-state index contributed by atoms with van der Waals surface area (Å²) < 4.78 is 39.0. The van der Waals surface area contributed by atoms with Crippen molar-refractivity contribution in [1.82, 2.24) is 0 Å². The largest absolute Gasteiger partial charge is 0.673 e. The van der Waals surface area contributed by atoms with Crippen molar-refractivity contribution in [3.05, 3.63) is 38.9 Å². The van der Waals surface area contributed by atoms with E-state index >= 15 is 0 Å². The average Bonchev–Trinajstić information content (AvgIpc) is 2.30. The second kappa shape index (κ2) is 8.35. The van der Waals surface area contributed by atoms with Gasteiger partial charge < -0.3 is 17.3 Å². The van der Waals surface area contributed by atoms with E-state index in [1.807, 2.05) is 0 Å². The van der Waals surface area contributed by atoms with Crippen molar-refractivity contribution in [1.29, 1.82) is 16.2 Å². The van der Waals surface area contributed by atoms with Crippen LogP contribution in [-0.2, 0) is 0 Å². The summed E-state index contributed by atoms with van der Waals surface area (Å²) in [5, 5.41) is 30.7. The molecule has 0 aliphatic heterocycles. The van der Waals surface area contributed by atoms with Crippen molar-refractivity contribution >= 4 is 18.6 Å². The van der Waals surface area contributed by atoms with E-state index in [0.717, 1.165) is 0 Å². The van der Waals surface area contributed by atoms with Gasteiger partial charge in [0.05, 0.1) is 4.92 Å². The first-order valence-corrected chi connectivity index (χ1v) is 4.32. The molecular weight excluding hydrogens is 273 g/mol. The maximum Gasteiger partial charge on any atom is 0.673 e. The Hall–Kier alpha value is -2.76. The number of aryl methyl sites for hydroxylation is 1. The lowest BCUT2D eigenvalue weighted by atomic mass is 10.2. The van der Waals surface area contributed by atoms with Crippen LogP contribution in [0.2, 0.25) is 0 Å². The van der Waals surface area contributed by atoms with Gasteiger partial charge >= 0.3 is 12.9 Å². The standard InChI is InChI=1S/C7H6N3O2.BF4.N2/c1-5-2-3-6(9-8)4-7(5)10(11)12;2-1(3,4)5;1-2/h2-4H,1H3;;/q+1;-1;. The van der Waals surface area contributed by atoms with Crippen molar-refractivity contribution in [2.45, 2.75) is 6.92 Å². The molecule has 12 heteroatoms. The second-order valence-corrected chi connectivity index (χ2v) is 2.82. The lowest BCUT2D eigenvalue weighted by molar-refractivity contribution is -0.385. The van der Waals surface area contributed by atoms with Crippen LogP contribution in [0.1, 0.15) is 5.56 Å². The van der Waals surface area contributed by atoms with Crippen LogP contribution in [0.3, 0.4) is 0 Å². The first-order chi connectivity index (χ1) is 8.65. The van der Waals surface area contributed by atoms with E-state index in [2.05, 4.69) is 4.98 Å². The SMILES string of the molecule is Cc1ccc([N+]#N)cc1[N+](=O)[O-].F[B-](F)(F)F.N#N. The van der Waals surface area contributed by atoms with Gasteiger partial charge in [-0.25, -0.2) is 0 Å². The van der Waals surface area contributed by atoms with Gasteiger partial charge in [0, 0.05) is 22.4 Å². The summed E-state index contributed by atoms with van der Waals surface area (Å²) in [6.45, 7) is 1.62. The maximum absolute atomic E-state index is 10.4. The number of nitrogens with zero attached hydrogens (tertiary/aromatic N) is 5. The Labute approximate surface area is 104 Å². The van der Waals surface area contributed by atoms with Gasteiger partial charge in [-0.3, -0.25) is 10.1 Å². The number of hydrogen-bond donors (Lipinski definition) is 0. The Bertz CT molecular complexity index is 492. The van der Waals surface area contributed by atoms with E-state index in [1.165, 1.54) is 18.2 Å². The number of diazo groups is 1. The summed E-state index contributed by atoms with van der Waals surface area (Å²) in [6.07, 6.45) is 0. The van der Waals surface area contributed by atoms with E-state index in [1.54, 1.807) is 6.92 Å². The highest BCUT2D eigenvalue weighted by Gasteiger charge is 2.20. The second-order valence-electron chi connectivity index (χ2n) is 2.82. The molecule has 1 aromatic carbocycles. The molecule has 0 spiro atoms. The zero-order valence-corrected chi connectivity index (χ0v) is 9.37. The monoisotopic (exact) mass is 279 g/mol. The topological polar surface area (TPSA) is 119 Å². The highest BCUT2D eigenvalue weighted by Crippen LogP contribution is 2.23. The minimum absolute atomic E-state index is 0.0368. The van der Waals surface area contributed by atoms with E-state index < -0.39 is 12.2 Å². The Kier molecular flexibility index (Phi) is 8.18. The highest BCUT2D eigenvalue weighted by atomic mass is 19.5. The number of nitro groups is 1. The van der Waals surface area contributed by atoms with Gasteiger partial charge in [-0.1, -0.05) is 0 Å². The average molecular weight is 279 g/mol. The molecule has 19 heavy (non-hydrogen) atoms. The molecule has 1 aromatic rings. The van der Waals surface area contributed by atoms with Crippen LogP contribution >= 0.6 is 0 Å². The van der Waals surface area contributed by atoms with Gasteiger partial charge in [0.2, 0.25) is 5.39 Å². The van der Waals surface area contributed by atoms with Gasteiger partial charge in [0.25, 0.3) is 5.69 Å². The third kappa shape index (κ3) is 10.1. The summed E-state index contributed by atoms with van der Waals surface area (Å²) in [6, 6.07) is 4.25. The number of benzene rings is 1. The molecule has 0 heterocycles. The summed E-state index contributed by atoms with van der Waals surface area (Å²) >= 11 is 0. The van der Waals surface area contributed by atoms with Crippen LogP contribution in [0, 0.1) is 33.2 Å². The predicted molar refractivity (Wildman–Crippen MR) is 56.2 cm³/mol. The first-order valence-electron chi connectivity index (χ1n) is 4.32. The number of nitro benzene ring substituents is 1. The third-order valence-electron chi connectivity index (χ3n) is 1.50. The maximum atomic E-state index is 10.4. The lowest BCUT2D eigenvalue weighted by Crippen LogP contribution is -2.02. The number of hydrogen-bond acceptors (Lipinski definition) is 5. The molecule has 0 aliphatic carbocycles. The molecule has 0 atom stereocenters. The van der Waals surface area contributed by atoms with Crippen molar-refractivity contribution in [3.8, 4) is 0 Å². The summed E-state index contributed by atoms with van der Waals surface area (Å²) in [5.41, 5.74) is 0.699. The fraction of sp³-hybridized carbons (Fsp3) is 0.143. The van der Waals surface area contributed by atoms with Gasteiger partial charge in [-0.15, -0.1) is 0 Å². The molecule has 1 rings (SSSR count). The Morgan fingerprint density at radius 2 is 1.68 bits per heavy atom. The van der Waals surface area contributed by atoms with E-state index in [4.69, 9.17) is 16.2 Å². The van der Waals surface area contributed by atoms with Crippen LogP contribution in [-0.4, -0.2) is 12.2 Å².